The Labute approximate surface area is 254 Å². The quantitative estimate of drug-likeness (QED) is 0.410. The lowest BCUT2D eigenvalue weighted by Crippen LogP contribution is -2.48. The molecule has 1 aromatic carbocycles. The van der Waals surface area contributed by atoms with Crippen LogP contribution in [0, 0.1) is 5.92 Å². The van der Waals surface area contributed by atoms with Crippen molar-refractivity contribution in [1.82, 2.24) is 24.7 Å². The molecule has 2 saturated heterocycles. The van der Waals surface area contributed by atoms with E-state index in [1.807, 2.05) is 0 Å². The molecule has 0 bridgehead atoms. The zero-order chi connectivity index (χ0) is 31.6. The first-order valence-electron chi connectivity index (χ1n) is 15.1. The van der Waals surface area contributed by atoms with E-state index in [2.05, 4.69) is 32.5 Å². The average Bonchev–Trinajstić information content (AvgIpc) is 3.67. The molecule has 3 atom stereocenters. The Morgan fingerprint density at radius 1 is 1.00 bits per heavy atom. The van der Waals surface area contributed by atoms with Gasteiger partial charge in [-0.15, -0.1) is 0 Å². The third-order valence-electron chi connectivity index (χ3n) is 9.06. The van der Waals surface area contributed by atoms with Gasteiger partial charge in [-0.1, -0.05) is 6.42 Å². The SMILES string of the molecule is CN1CCC(N(C)C(=O)c2ccc(Nc3ncc(C(F)(F)F)c(N[C@@H]4CCC[C@@H]4C(=O)N4CCCC4C(N)=O)n3)cc2)CC1. The summed E-state index contributed by atoms with van der Waals surface area (Å²) < 4.78 is 41.9. The number of nitrogens with one attached hydrogen (secondary N) is 2. The number of nitrogens with two attached hydrogens (primary N) is 1. The number of aromatic nitrogens is 2. The number of halogens is 3. The molecule has 3 fully saturated rings. The number of rotatable bonds is 8. The van der Waals surface area contributed by atoms with E-state index in [1.54, 1.807) is 36.2 Å². The predicted molar refractivity (Wildman–Crippen MR) is 158 cm³/mol. The number of alkyl halides is 3. The largest absolute Gasteiger partial charge is 0.421 e. The van der Waals surface area contributed by atoms with E-state index >= 15 is 0 Å². The van der Waals surface area contributed by atoms with Gasteiger partial charge in [-0.3, -0.25) is 14.4 Å². The van der Waals surface area contributed by atoms with Crippen LogP contribution in [0.5, 0.6) is 0 Å². The van der Waals surface area contributed by atoms with Gasteiger partial charge in [-0.05, 0) is 82.9 Å². The molecule has 2 aromatic rings. The molecule has 1 aromatic heterocycles. The number of carbonyl (C=O) groups excluding carboxylic acids is 3. The summed E-state index contributed by atoms with van der Waals surface area (Å²) >= 11 is 0. The van der Waals surface area contributed by atoms with Crippen molar-refractivity contribution in [2.45, 2.75) is 69.2 Å². The first-order chi connectivity index (χ1) is 20.9. The Balaban J connectivity index is 1.29. The fourth-order valence-corrected chi connectivity index (χ4v) is 6.48. The van der Waals surface area contributed by atoms with Crippen LogP contribution in [0.3, 0.4) is 0 Å². The Hall–Kier alpha value is -3.94. The van der Waals surface area contributed by atoms with Gasteiger partial charge in [0.1, 0.15) is 17.4 Å². The van der Waals surface area contributed by atoms with E-state index < -0.39 is 41.5 Å². The van der Waals surface area contributed by atoms with Gasteiger partial charge in [-0.25, -0.2) is 4.98 Å². The number of hydrogen-bond donors (Lipinski definition) is 3. The second-order valence-corrected chi connectivity index (χ2v) is 12.0. The van der Waals surface area contributed by atoms with Crippen molar-refractivity contribution in [3.63, 3.8) is 0 Å². The lowest BCUT2D eigenvalue weighted by Gasteiger charge is -2.35. The second-order valence-electron chi connectivity index (χ2n) is 12.0. The minimum atomic E-state index is -4.73. The monoisotopic (exact) mass is 616 g/mol. The van der Waals surface area contributed by atoms with Crippen molar-refractivity contribution in [2.24, 2.45) is 11.7 Å². The molecule has 2 aliphatic heterocycles. The molecular weight excluding hydrogens is 577 g/mol. The third-order valence-corrected chi connectivity index (χ3v) is 9.06. The van der Waals surface area contributed by atoms with Crippen LogP contribution in [0.25, 0.3) is 0 Å². The van der Waals surface area contributed by atoms with E-state index in [0.29, 0.717) is 56.1 Å². The van der Waals surface area contributed by atoms with Crippen molar-refractivity contribution in [2.75, 3.05) is 44.4 Å². The Bertz CT molecular complexity index is 1360. The van der Waals surface area contributed by atoms with Crippen LogP contribution in [0.4, 0.5) is 30.6 Å². The molecule has 3 amide bonds. The smallest absolute Gasteiger partial charge is 0.368 e. The number of likely N-dealkylation sites (tertiary alicyclic amines) is 2. The Morgan fingerprint density at radius 3 is 2.36 bits per heavy atom. The van der Waals surface area contributed by atoms with Gasteiger partial charge in [0.25, 0.3) is 5.91 Å². The van der Waals surface area contributed by atoms with Crippen molar-refractivity contribution in [3.05, 3.63) is 41.6 Å². The number of hydrogen-bond acceptors (Lipinski definition) is 8. The van der Waals surface area contributed by atoms with Gasteiger partial charge in [0, 0.05) is 43.1 Å². The number of nitrogens with zero attached hydrogens (tertiary/aromatic N) is 5. The number of piperidine rings is 1. The lowest BCUT2D eigenvalue weighted by molar-refractivity contribution is -0.140. The normalized spacial score (nSPS) is 23.0. The van der Waals surface area contributed by atoms with E-state index in [4.69, 9.17) is 5.73 Å². The van der Waals surface area contributed by atoms with Crippen LogP contribution < -0.4 is 16.4 Å². The van der Waals surface area contributed by atoms with E-state index in [9.17, 15) is 27.6 Å². The summed E-state index contributed by atoms with van der Waals surface area (Å²) in [5.74, 6) is -2.07. The third kappa shape index (κ3) is 6.90. The maximum Gasteiger partial charge on any atom is 0.421 e. The zero-order valence-electron chi connectivity index (χ0n) is 24.9. The zero-order valence-corrected chi connectivity index (χ0v) is 24.9. The topological polar surface area (TPSA) is 137 Å². The molecule has 1 aliphatic carbocycles. The predicted octanol–water partition coefficient (Wildman–Crippen LogP) is 3.46. The van der Waals surface area contributed by atoms with Crippen LogP contribution in [0.15, 0.2) is 30.5 Å². The average molecular weight is 617 g/mol. The first kappa shape index (κ1) is 31.5. The number of primary amides is 1. The maximum atomic E-state index is 14.0. The highest BCUT2D eigenvalue weighted by Gasteiger charge is 2.42. The molecule has 14 heteroatoms. The molecule has 44 heavy (non-hydrogen) atoms. The summed E-state index contributed by atoms with van der Waals surface area (Å²) in [6.07, 6.45) is 0.505. The van der Waals surface area contributed by atoms with Gasteiger partial charge in [0.05, 0.1) is 5.92 Å². The summed E-state index contributed by atoms with van der Waals surface area (Å²) in [4.78, 5) is 51.8. The molecule has 11 nitrogen and oxygen atoms in total. The highest BCUT2D eigenvalue weighted by molar-refractivity contribution is 5.94. The van der Waals surface area contributed by atoms with Crippen molar-refractivity contribution < 1.29 is 27.6 Å². The molecule has 1 unspecified atom stereocenters. The first-order valence-corrected chi connectivity index (χ1v) is 15.1. The molecular formula is C30H39F3N8O3. The number of amides is 3. The Morgan fingerprint density at radius 2 is 1.70 bits per heavy atom. The molecule has 4 N–H and O–H groups in total. The molecule has 3 aliphatic rings. The fraction of sp³-hybridized carbons (Fsp3) is 0.567. The van der Waals surface area contributed by atoms with E-state index in [0.717, 1.165) is 25.9 Å². The van der Waals surface area contributed by atoms with Crippen LogP contribution in [-0.4, -0.2) is 94.2 Å². The summed E-state index contributed by atoms with van der Waals surface area (Å²) in [7, 11) is 3.87. The van der Waals surface area contributed by atoms with Gasteiger partial charge >= 0.3 is 6.18 Å². The Kier molecular flexibility index (Phi) is 9.28. The van der Waals surface area contributed by atoms with Gasteiger partial charge in [-0.2, -0.15) is 18.2 Å². The highest BCUT2D eigenvalue weighted by atomic mass is 19.4. The standard InChI is InChI=1S/C30H39F3N8O3/c1-39-15-12-20(13-16-39)40(2)27(43)18-8-10-19(11-9-18)36-29-35-17-22(30(31,32)33)26(38-29)37-23-6-3-5-21(23)28(44)41-14-4-7-24(41)25(34)42/h8-11,17,20-21,23-24H,3-7,12-16H2,1-2H3,(H2,34,42)(H2,35,36,37,38)/t21-,23+,24?/m0/s1. The van der Waals surface area contributed by atoms with Crippen LogP contribution in [0.2, 0.25) is 0 Å². The molecule has 5 rings (SSSR count). The summed E-state index contributed by atoms with van der Waals surface area (Å²) in [6.45, 7) is 2.26. The van der Waals surface area contributed by atoms with Gasteiger partial charge in [0.15, 0.2) is 0 Å². The lowest BCUT2D eigenvalue weighted by atomic mass is 10.0. The molecule has 1 saturated carbocycles. The minimum absolute atomic E-state index is 0.0720. The summed E-state index contributed by atoms with van der Waals surface area (Å²) in [5, 5.41) is 5.81. The van der Waals surface area contributed by atoms with Gasteiger partial charge < -0.3 is 31.1 Å². The number of anilines is 3. The minimum Gasteiger partial charge on any atom is -0.368 e. The van der Waals surface area contributed by atoms with Crippen LogP contribution in [-0.2, 0) is 15.8 Å². The van der Waals surface area contributed by atoms with Crippen LogP contribution >= 0.6 is 0 Å². The second kappa shape index (κ2) is 13.0. The summed E-state index contributed by atoms with van der Waals surface area (Å²) in [5.41, 5.74) is 5.43. The van der Waals surface area contributed by atoms with Crippen molar-refractivity contribution in [1.29, 1.82) is 0 Å². The number of carbonyl (C=O) groups is 3. The molecule has 238 valence electrons. The number of benzene rings is 1. The van der Waals surface area contributed by atoms with E-state index in [1.165, 1.54) is 4.90 Å². The molecule has 0 radical (unpaired) electrons. The maximum absolute atomic E-state index is 14.0. The molecule has 0 spiro atoms. The molecule has 3 heterocycles. The summed E-state index contributed by atoms with van der Waals surface area (Å²) in [6, 6.07) is 5.49. The van der Waals surface area contributed by atoms with Crippen molar-refractivity contribution >= 4 is 35.2 Å². The van der Waals surface area contributed by atoms with Crippen LogP contribution in [0.1, 0.15) is 60.9 Å². The van der Waals surface area contributed by atoms with E-state index in [-0.39, 0.29) is 23.8 Å². The van der Waals surface area contributed by atoms with Gasteiger partial charge in [0.2, 0.25) is 17.8 Å². The highest BCUT2D eigenvalue weighted by Crippen LogP contribution is 2.37. The fourth-order valence-electron chi connectivity index (χ4n) is 6.48. The van der Waals surface area contributed by atoms with Crippen molar-refractivity contribution in [3.8, 4) is 0 Å².